The molecular weight excluding hydrogens is 555 g/mol. The summed E-state index contributed by atoms with van der Waals surface area (Å²) in [6, 6.07) is 24.6. The van der Waals surface area contributed by atoms with E-state index in [2.05, 4.69) is 157 Å². The van der Waals surface area contributed by atoms with Gasteiger partial charge in [-0.25, -0.2) is 0 Å². The van der Waals surface area contributed by atoms with Gasteiger partial charge in [0.15, 0.2) is 0 Å². The third kappa shape index (κ3) is 5.97. The number of aryl methyl sites for hydroxylation is 1. The molecule has 3 aromatic carbocycles. The molecule has 0 atom stereocenters. The van der Waals surface area contributed by atoms with Crippen LogP contribution in [-0.2, 0) is 6.42 Å². The highest BCUT2D eigenvalue weighted by molar-refractivity contribution is 6.00. The molecule has 1 heterocycles. The molecule has 1 heteroatoms. The third-order valence-electron chi connectivity index (χ3n) is 9.07. The molecule has 1 aromatic heterocycles. The minimum absolute atomic E-state index is 0.852. The fourth-order valence-corrected chi connectivity index (χ4v) is 6.73. The fraction of sp³-hybridized carbons (Fsp3) is 0.111. The Hall–Kier alpha value is -5.40. The van der Waals surface area contributed by atoms with Crippen molar-refractivity contribution in [2.45, 2.75) is 32.1 Å². The number of fused-ring (bicyclic) bond motifs is 4. The van der Waals surface area contributed by atoms with Crippen molar-refractivity contribution in [1.82, 2.24) is 4.57 Å². The lowest BCUT2D eigenvalue weighted by Crippen LogP contribution is -2.00. The van der Waals surface area contributed by atoms with Crippen LogP contribution in [0.2, 0.25) is 0 Å². The van der Waals surface area contributed by atoms with E-state index in [9.17, 15) is 0 Å². The molecule has 0 fully saturated rings. The van der Waals surface area contributed by atoms with Crippen LogP contribution in [0.1, 0.15) is 48.1 Å². The number of allylic oxidation sites excluding steroid dienone is 16. The zero-order valence-electron chi connectivity index (χ0n) is 26.3. The normalized spacial score (nSPS) is 18.6. The van der Waals surface area contributed by atoms with Crippen LogP contribution in [-0.4, -0.2) is 4.57 Å². The molecule has 7 rings (SSSR count). The molecule has 0 saturated heterocycles. The first-order valence-electron chi connectivity index (χ1n) is 16.3. The van der Waals surface area contributed by atoms with Crippen molar-refractivity contribution < 1.29 is 0 Å². The highest BCUT2D eigenvalue weighted by atomic mass is 15.0. The molecular formula is C45H39N. The maximum Gasteiger partial charge on any atom is 0.0607 e. The van der Waals surface area contributed by atoms with Gasteiger partial charge in [0, 0.05) is 16.6 Å². The van der Waals surface area contributed by atoms with Crippen molar-refractivity contribution in [3.05, 3.63) is 192 Å². The molecule has 0 bridgehead atoms. The minimum atomic E-state index is 0.852. The summed E-state index contributed by atoms with van der Waals surface area (Å²) in [7, 11) is 0. The maximum atomic E-state index is 4.63. The van der Waals surface area contributed by atoms with Gasteiger partial charge in [0.2, 0.25) is 0 Å². The largest absolute Gasteiger partial charge is 0.309 e. The van der Waals surface area contributed by atoms with E-state index >= 15 is 0 Å². The fourth-order valence-electron chi connectivity index (χ4n) is 6.73. The average Bonchev–Trinajstić information content (AvgIpc) is 3.20. The van der Waals surface area contributed by atoms with Crippen molar-refractivity contribution >= 4 is 28.6 Å². The Kier molecular flexibility index (Phi) is 8.48. The van der Waals surface area contributed by atoms with E-state index in [0.29, 0.717) is 0 Å². The number of rotatable bonds is 6. The van der Waals surface area contributed by atoms with Crippen LogP contribution in [0, 0.1) is 0 Å². The van der Waals surface area contributed by atoms with Crippen molar-refractivity contribution in [2.24, 2.45) is 0 Å². The van der Waals surface area contributed by atoms with E-state index in [-0.39, 0.29) is 0 Å². The Balaban J connectivity index is 1.34. The molecule has 0 amide bonds. The predicted octanol–water partition coefficient (Wildman–Crippen LogP) is 12.1. The van der Waals surface area contributed by atoms with Crippen LogP contribution in [0.5, 0.6) is 0 Å². The lowest BCUT2D eigenvalue weighted by Gasteiger charge is -2.17. The molecule has 0 spiro atoms. The van der Waals surface area contributed by atoms with Crippen LogP contribution < -0.4 is 0 Å². The molecule has 46 heavy (non-hydrogen) atoms. The van der Waals surface area contributed by atoms with Gasteiger partial charge in [0.1, 0.15) is 0 Å². The second-order valence-electron chi connectivity index (χ2n) is 12.1. The number of para-hydroxylation sites is 1. The van der Waals surface area contributed by atoms with Crippen LogP contribution in [0.25, 0.3) is 45.4 Å². The van der Waals surface area contributed by atoms with Gasteiger partial charge >= 0.3 is 0 Å². The highest BCUT2D eigenvalue weighted by Gasteiger charge is 2.20. The van der Waals surface area contributed by atoms with Gasteiger partial charge in [0.05, 0.1) is 11.2 Å². The molecule has 0 aliphatic heterocycles. The zero-order valence-corrected chi connectivity index (χ0v) is 26.3. The maximum absolute atomic E-state index is 4.63. The number of aromatic nitrogens is 1. The van der Waals surface area contributed by atoms with E-state index in [1.165, 1.54) is 55.4 Å². The molecule has 0 N–H and O–H groups in total. The van der Waals surface area contributed by atoms with Crippen molar-refractivity contribution in [3.63, 3.8) is 0 Å². The quantitative estimate of drug-likeness (QED) is 0.196. The minimum Gasteiger partial charge on any atom is -0.309 e. The summed E-state index contributed by atoms with van der Waals surface area (Å²) in [6.07, 6.45) is 35.7. The lowest BCUT2D eigenvalue weighted by molar-refractivity contribution is 0.899. The summed E-state index contributed by atoms with van der Waals surface area (Å²) < 4.78 is 2.39. The molecule has 0 unspecified atom stereocenters. The average molecular weight is 594 g/mol. The molecule has 3 aliphatic rings. The Bertz CT molecular complexity index is 2080. The third-order valence-corrected chi connectivity index (χ3v) is 9.07. The smallest absolute Gasteiger partial charge is 0.0607 e. The van der Waals surface area contributed by atoms with Gasteiger partial charge < -0.3 is 4.57 Å². The lowest BCUT2D eigenvalue weighted by atomic mass is 9.88. The number of hydrogen-bond donors (Lipinski definition) is 0. The molecule has 0 saturated carbocycles. The second kappa shape index (κ2) is 13.3. The standard InChI is InChI=1S/C45H39N/c1-3-4-8-15-34-23-25-37-26-27-38(31-40(37)30-34)39-28-29-42-43-21-14-13-18-36(35-16-9-5-6-10-17-35)24-22-33(2)45(43)46(44(42)32-39)41-19-11-7-12-20-41/h3-5,7-12,14,16-22,24,26-32H,1-2,6,13,15,23,25H2/b8-4-,21-14-,24-22-,36-18+. The van der Waals surface area contributed by atoms with E-state index in [1.54, 1.807) is 0 Å². The first-order chi connectivity index (χ1) is 22.7. The molecule has 4 aromatic rings. The van der Waals surface area contributed by atoms with Gasteiger partial charge in [-0.05, 0) is 95.3 Å². The zero-order chi connectivity index (χ0) is 31.3. The van der Waals surface area contributed by atoms with Crippen LogP contribution in [0.4, 0.5) is 0 Å². The summed E-state index contributed by atoms with van der Waals surface area (Å²) in [4.78, 5) is 0. The van der Waals surface area contributed by atoms with Gasteiger partial charge in [0.25, 0.3) is 0 Å². The Labute approximate surface area is 273 Å². The summed E-state index contributed by atoms with van der Waals surface area (Å²) in [5, 5.41) is 1.23. The predicted molar refractivity (Wildman–Crippen MR) is 200 cm³/mol. The Morgan fingerprint density at radius 1 is 0.783 bits per heavy atom. The number of hydrogen-bond acceptors (Lipinski definition) is 0. The van der Waals surface area contributed by atoms with E-state index < -0.39 is 0 Å². The molecule has 3 aliphatic carbocycles. The molecule has 0 radical (unpaired) electrons. The Morgan fingerprint density at radius 2 is 1.63 bits per heavy atom. The first kappa shape index (κ1) is 29.3. The molecule has 224 valence electrons. The summed E-state index contributed by atoms with van der Waals surface area (Å²) >= 11 is 0. The van der Waals surface area contributed by atoms with Crippen LogP contribution >= 0.6 is 0 Å². The van der Waals surface area contributed by atoms with Gasteiger partial charge in [-0.15, -0.1) is 0 Å². The van der Waals surface area contributed by atoms with Crippen LogP contribution in [0.3, 0.4) is 0 Å². The van der Waals surface area contributed by atoms with Crippen molar-refractivity contribution in [3.8, 4) is 16.8 Å². The van der Waals surface area contributed by atoms with Gasteiger partial charge in [-0.1, -0.05) is 146 Å². The number of benzene rings is 3. The summed E-state index contributed by atoms with van der Waals surface area (Å²) in [6.45, 7) is 8.44. The topological polar surface area (TPSA) is 4.93 Å². The first-order valence-corrected chi connectivity index (χ1v) is 16.3. The molecule has 1 nitrogen and oxygen atoms in total. The second-order valence-corrected chi connectivity index (χ2v) is 12.1. The van der Waals surface area contributed by atoms with E-state index in [0.717, 1.165) is 49.1 Å². The SMILES string of the molecule is C=C/C=C\CC1=Cc2cc(-c3ccc4c5c(n(-c6ccccc6)c4c3)C(=C)/C=C\C(C3=CC=CCC=C3)=C/C/C=C\5)ccc2CC1. The summed E-state index contributed by atoms with van der Waals surface area (Å²) in [5.74, 6) is 0. The summed E-state index contributed by atoms with van der Waals surface area (Å²) in [5.41, 5.74) is 14.8. The van der Waals surface area contributed by atoms with Crippen molar-refractivity contribution in [2.75, 3.05) is 0 Å². The highest BCUT2D eigenvalue weighted by Crippen LogP contribution is 2.39. The van der Waals surface area contributed by atoms with E-state index in [1.807, 2.05) is 12.2 Å². The van der Waals surface area contributed by atoms with Gasteiger partial charge in [-0.2, -0.15) is 0 Å². The van der Waals surface area contributed by atoms with Gasteiger partial charge in [-0.3, -0.25) is 0 Å². The van der Waals surface area contributed by atoms with Crippen molar-refractivity contribution in [1.29, 1.82) is 0 Å². The van der Waals surface area contributed by atoms with Crippen LogP contribution in [0.15, 0.2) is 170 Å². The number of nitrogens with zero attached hydrogens (tertiary/aromatic N) is 1. The Morgan fingerprint density at radius 3 is 2.52 bits per heavy atom. The van der Waals surface area contributed by atoms with E-state index in [4.69, 9.17) is 0 Å². The monoisotopic (exact) mass is 593 g/mol.